The molecule has 0 aliphatic heterocycles. The van der Waals surface area contributed by atoms with Crippen molar-refractivity contribution in [3.8, 4) is 0 Å². The summed E-state index contributed by atoms with van der Waals surface area (Å²) in [7, 11) is 2.93. The first kappa shape index (κ1) is 15.9. The van der Waals surface area contributed by atoms with Crippen LogP contribution in [0.2, 0.25) is 0 Å². The van der Waals surface area contributed by atoms with Crippen molar-refractivity contribution < 1.29 is 4.79 Å². The number of fused-ring (bicyclic) bond motifs is 1. The van der Waals surface area contributed by atoms with Crippen LogP contribution in [0.4, 0.5) is 0 Å². The molecule has 118 valence electrons. The van der Waals surface area contributed by atoms with Gasteiger partial charge >= 0.3 is 5.69 Å². The van der Waals surface area contributed by atoms with Gasteiger partial charge in [-0.15, -0.1) is 0 Å². The van der Waals surface area contributed by atoms with Crippen LogP contribution in [-0.4, -0.2) is 25.6 Å². The highest BCUT2D eigenvalue weighted by molar-refractivity contribution is 5.94. The zero-order valence-corrected chi connectivity index (χ0v) is 13.4. The SMILES string of the molecule is CCC(C)(C)NC(=O)c1ccc2c(=O)n(C)c(=O)n(C)c2n1. The minimum absolute atomic E-state index is 0.178. The van der Waals surface area contributed by atoms with Crippen molar-refractivity contribution in [2.45, 2.75) is 32.7 Å². The molecule has 0 radical (unpaired) electrons. The Morgan fingerprint density at radius 3 is 2.45 bits per heavy atom. The van der Waals surface area contributed by atoms with Gasteiger partial charge in [-0.3, -0.25) is 18.7 Å². The summed E-state index contributed by atoms with van der Waals surface area (Å²) in [6.07, 6.45) is 0.769. The maximum atomic E-state index is 12.3. The fourth-order valence-corrected chi connectivity index (χ4v) is 2.04. The van der Waals surface area contributed by atoms with Gasteiger partial charge in [-0.25, -0.2) is 9.78 Å². The zero-order valence-electron chi connectivity index (χ0n) is 13.4. The van der Waals surface area contributed by atoms with Gasteiger partial charge in [0.15, 0.2) is 0 Å². The molecule has 22 heavy (non-hydrogen) atoms. The third kappa shape index (κ3) is 2.66. The van der Waals surface area contributed by atoms with Gasteiger partial charge in [0.2, 0.25) is 0 Å². The van der Waals surface area contributed by atoms with Gasteiger partial charge in [0.25, 0.3) is 11.5 Å². The monoisotopic (exact) mass is 304 g/mol. The summed E-state index contributed by atoms with van der Waals surface area (Å²) >= 11 is 0. The van der Waals surface area contributed by atoms with Crippen LogP contribution in [0, 0.1) is 0 Å². The molecular formula is C15H20N4O3. The van der Waals surface area contributed by atoms with Gasteiger partial charge in [0.1, 0.15) is 11.3 Å². The maximum Gasteiger partial charge on any atom is 0.332 e. The average molecular weight is 304 g/mol. The molecule has 0 atom stereocenters. The fraction of sp³-hybridized carbons (Fsp3) is 0.467. The first-order valence-electron chi connectivity index (χ1n) is 7.07. The number of nitrogens with zero attached hydrogens (tertiary/aromatic N) is 3. The molecule has 0 aliphatic rings. The molecule has 2 rings (SSSR count). The van der Waals surface area contributed by atoms with E-state index in [1.54, 1.807) is 0 Å². The fourth-order valence-electron chi connectivity index (χ4n) is 2.04. The van der Waals surface area contributed by atoms with Crippen LogP contribution in [-0.2, 0) is 14.1 Å². The Hall–Kier alpha value is -2.44. The van der Waals surface area contributed by atoms with E-state index in [1.807, 2.05) is 20.8 Å². The Labute approximate surface area is 127 Å². The smallest absolute Gasteiger partial charge is 0.332 e. The van der Waals surface area contributed by atoms with E-state index in [4.69, 9.17) is 0 Å². The molecule has 0 bridgehead atoms. The van der Waals surface area contributed by atoms with E-state index in [-0.39, 0.29) is 22.8 Å². The number of aromatic nitrogens is 3. The number of aryl methyl sites for hydroxylation is 1. The van der Waals surface area contributed by atoms with Crippen molar-refractivity contribution >= 4 is 16.9 Å². The highest BCUT2D eigenvalue weighted by Gasteiger charge is 2.20. The number of hydrogen-bond acceptors (Lipinski definition) is 4. The summed E-state index contributed by atoms with van der Waals surface area (Å²) in [4.78, 5) is 40.5. The maximum absolute atomic E-state index is 12.3. The summed E-state index contributed by atoms with van der Waals surface area (Å²) < 4.78 is 2.28. The van der Waals surface area contributed by atoms with Crippen LogP contribution in [0.3, 0.4) is 0 Å². The molecule has 7 heteroatoms. The minimum Gasteiger partial charge on any atom is -0.346 e. The first-order valence-corrected chi connectivity index (χ1v) is 7.07. The van der Waals surface area contributed by atoms with E-state index in [1.165, 1.54) is 30.8 Å². The van der Waals surface area contributed by atoms with Crippen molar-refractivity contribution in [2.24, 2.45) is 14.1 Å². The van der Waals surface area contributed by atoms with Crippen molar-refractivity contribution in [1.82, 2.24) is 19.4 Å². The molecule has 7 nitrogen and oxygen atoms in total. The third-order valence-corrected chi connectivity index (χ3v) is 3.87. The van der Waals surface area contributed by atoms with Crippen LogP contribution in [0.5, 0.6) is 0 Å². The molecule has 1 amide bonds. The molecule has 0 saturated heterocycles. The zero-order chi connectivity index (χ0) is 16.7. The molecule has 0 unspecified atom stereocenters. The molecule has 2 heterocycles. The Bertz CT molecular complexity index is 861. The Morgan fingerprint density at radius 1 is 1.23 bits per heavy atom. The lowest BCUT2D eigenvalue weighted by Gasteiger charge is -2.24. The first-order chi connectivity index (χ1) is 10.2. The summed E-state index contributed by atoms with van der Waals surface area (Å²) in [6, 6.07) is 3.02. The normalized spacial score (nSPS) is 11.7. The van der Waals surface area contributed by atoms with Crippen molar-refractivity contribution in [3.05, 3.63) is 38.7 Å². The lowest BCUT2D eigenvalue weighted by molar-refractivity contribution is 0.0906. The molecule has 0 spiro atoms. The van der Waals surface area contributed by atoms with Gasteiger partial charge in [0, 0.05) is 19.6 Å². The van der Waals surface area contributed by atoms with Crippen molar-refractivity contribution in [3.63, 3.8) is 0 Å². The quantitative estimate of drug-likeness (QED) is 0.897. The number of amides is 1. The van der Waals surface area contributed by atoms with Crippen molar-refractivity contribution in [2.75, 3.05) is 0 Å². The Balaban J connectivity index is 2.59. The van der Waals surface area contributed by atoms with E-state index < -0.39 is 11.2 Å². The second-order valence-corrected chi connectivity index (χ2v) is 5.96. The summed E-state index contributed by atoms with van der Waals surface area (Å²) in [5, 5.41) is 3.18. The van der Waals surface area contributed by atoms with Gasteiger partial charge in [0.05, 0.1) is 5.39 Å². The molecule has 1 N–H and O–H groups in total. The van der Waals surface area contributed by atoms with E-state index in [2.05, 4.69) is 10.3 Å². The molecule has 0 saturated carbocycles. The van der Waals surface area contributed by atoms with E-state index in [0.717, 1.165) is 11.0 Å². The Morgan fingerprint density at radius 2 is 1.86 bits per heavy atom. The lowest BCUT2D eigenvalue weighted by Crippen LogP contribution is -2.43. The molecule has 0 aliphatic carbocycles. The number of carbonyl (C=O) groups is 1. The van der Waals surface area contributed by atoms with Crippen LogP contribution in [0.1, 0.15) is 37.7 Å². The molecule has 2 aromatic heterocycles. The number of rotatable bonds is 3. The van der Waals surface area contributed by atoms with Crippen LogP contribution in [0.25, 0.3) is 11.0 Å². The highest BCUT2D eigenvalue weighted by Crippen LogP contribution is 2.10. The summed E-state index contributed by atoms with van der Waals surface area (Å²) in [5.41, 5.74) is -0.873. The standard InChI is InChI=1S/C15H20N4O3/c1-6-15(2,3)17-12(20)10-8-7-9-11(16-10)18(4)14(22)19(5)13(9)21/h7-8H,6H2,1-5H3,(H,17,20). The van der Waals surface area contributed by atoms with Gasteiger partial charge < -0.3 is 5.32 Å². The number of nitrogens with one attached hydrogen (secondary N) is 1. The van der Waals surface area contributed by atoms with Crippen LogP contribution < -0.4 is 16.6 Å². The molecular weight excluding hydrogens is 284 g/mol. The van der Waals surface area contributed by atoms with Crippen LogP contribution in [0.15, 0.2) is 21.7 Å². The highest BCUT2D eigenvalue weighted by atomic mass is 16.2. The second kappa shape index (κ2) is 5.40. The molecule has 2 aromatic rings. The largest absolute Gasteiger partial charge is 0.346 e. The van der Waals surface area contributed by atoms with E-state index in [9.17, 15) is 14.4 Å². The number of pyridine rings is 1. The van der Waals surface area contributed by atoms with Gasteiger partial charge in [-0.05, 0) is 32.4 Å². The van der Waals surface area contributed by atoms with Crippen molar-refractivity contribution in [1.29, 1.82) is 0 Å². The van der Waals surface area contributed by atoms with Gasteiger partial charge in [-0.2, -0.15) is 0 Å². The molecule has 0 fully saturated rings. The van der Waals surface area contributed by atoms with Gasteiger partial charge in [-0.1, -0.05) is 6.92 Å². The van der Waals surface area contributed by atoms with Crippen LogP contribution >= 0.6 is 0 Å². The predicted molar refractivity (Wildman–Crippen MR) is 84.1 cm³/mol. The lowest BCUT2D eigenvalue weighted by atomic mass is 10.0. The van der Waals surface area contributed by atoms with E-state index >= 15 is 0 Å². The topological polar surface area (TPSA) is 86.0 Å². The average Bonchev–Trinajstić information content (AvgIpc) is 2.49. The third-order valence-electron chi connectivity index (χ3n) is 3.87. The minimum atomic E-state index is -0.476. The number of hydrogen-bond donors (Lipinski definition) is 1. The molecule has 0 aromatic carbocycles. The number of carbonyl (C=O) groups excluding carboxylic acids is 1. The summed E-state index contributed by atoms with van der Waals surface area (Å²) in [6.45, 7) is 5.80. The summed E-state index contributed by atoms with van der Waals surface area (Å²) in [5.74, 6) is -0.332. The predicted octanol–water partition coefficient (Wildman–Crippen LogP) is 0.551. The second-order valence-electron chi connectivity index (χ2n) is 5.96. The van der Waals surface area contributed by atoms with E-state index in [0.29, 0.717) is 5.39 Å². The Kier molecular flexibility index (Phi) is 3.91.